The van der Waals surface area contributed by atoms with E-state index in [0.717, 1.165) is 35.9 Å². The fourth-order valence-electron chi connectivity index (χ4n) is 1.46. The minimum atomic E-state index is 0. The van der Waals surface area contributed by atoms with E-state index < -0.39 is 0 Å². The summed E-state index contributed by atoms with van der Waals surface area (Å²) in [7, 11) is 3.45. The third-order valence-corrected chi connectivity index (χ3v) is 4.10. The molecule has 1 rings (SSSR count). The number of aliphatic imine (C=N–C) groups is 1. The minimum Gasteiger partial charge on any atom is -0.382 e. The molecule has 0 unspecified atom stereocenters. The van der Waals surface area contributed by atoms with Crippen LogP contribution in [0.2, 0.25) is 0 Å². The predicted molar refractivity (Wildman–Crippen MR) is 103 cm³/mol. The van der Waals surface area contributed by atoms with E-state index >= 15 is 0 Å². The van der Waals surface area contributed by atoms with Gasteiger partial charge in [-0.1, -0.05) is 0 Å². The molecule has 2 N–H and O–H groups in total. The predicted octanol–water partition coefficient (Wildman–Crippen LogP) is 2.85. The molecule has 0 aliphatic heterocycles. The topological polar surface area (TPSA) is 54.9 Å². The molecule has 21 heavy (non-hydrogen) atoms. The Kier molecular flexibility index (Phi) is 13.8. The van der Waals surface area contributed by atoms with E-state index in [1.807, 2.05) is 0 Å². The van der Waals surface area contributed by atoms with Crippen LogP contribution < -0.4 is 10.6 Å². The summed E-state index contributed by atoms with van der Waals surface area (Å²) in [5, 5.41) is 6.54. The summed E-state index contributed by atoms with van der Waals surface area (Å²) in [4.78, 5) is 5.45. The van der Waals surface area contributed by atoms with Crippen LogP contribution in [0.15, 0.2) is 20.9 Å². The van der Waals surface area contributed by atoms with Crippen molar-refractivity contribution < 1.29 is 9.47 Å². The fraction of sp³-hybridized carbons (Fsp3) is 0.615. The molecule has 0 radical (unpaired) electrons. The molecule has 0 spiro atoms. The summed E-state index contributed by atoms with van der Waals surface area (Å²) in [5.74, 6) is 0.811. The number of methoxy groups -OCH3 is 1. The largest absolute Gasteiger partial charge is 0.382 e. The number of ether oxygens (including phenoxy) is 2. The van der Waals surface area contributed by atoms with Crippen LogP contribution >= 0.6 is 51.2 Å². The smallest absolute Gasteiger partial charge is 0.191 e. The van der Waals surface area contributed by atoms with Gasteiger partial charge in [0.25, 0.3) is 0 Å². The molecule has 0 bridgehead atoms. The van der Waals surface area contributed by atoms with E-state index in [0.29, 0.717) is 13.2 Å². The highest BCUT2D eigenvalue weighted by atomic mass is 127. The maximum atomic E-state index is 5.39. The van der Waals surface area contributed by atoms with Gasteiger partial charge in [0.05, 0.1) is 23.5 Å². The van der Waals surface area contributed by atoms with Gasteiger partial charge in [0.15, 0.2) is 5.96 Å². The molecule has 0 amide bonds. The zero-order valence-electron chi connectivity index (χ0n) is 12.4. The molecule has 1 aromatic heterocycles. The number of thiophene rings is 1. The van der Waals surface area contributed by atoms with Crippen molar-refractivity contribution in [3.8, 4) is 0 Å². The van der Waals surface area contributed by atoms with E-state index in [9.17, 15) is 0 Å². The molecule has 0 aliphatic carbocycles. The van der Waals surface area contributed by atoms with Gasteiger partial charge < -0.3 is 20.1 Å². The lowest BCUT2D eigenvalue weighted by molar-refractivity contribution is 0.0698. The van der Waals surface area contributed by atoms with Gasteiger partial charge in [-0.2, -0.15) is 0 Å². The summed E-state index contributed by atoms with van der Waals surface area (Å²) in [5.41, 5.74) is 0. The lowest BCUT2D eigenvalue weighted by atomic mass is 10.4. The molecule has 5 nitrogen and oxygen atoms in total. The molecular weight excluding hydrogens is 469 g/mol. The highest BCUT2D eigenvalue weighted by Gasteiger charge is 2.00. The first-order valence-electron chi connectivity index (χ1n) is 6.51. The van der Waals surface area contributed by atoms with Crippen molar-refractivity contribution in [1.29, 1.82) is 0 Å². The van der Waals surface area contributed by atoms with E-state index in [4.69, 9.17) is 9.47 Å². The SMILES string of the molecule is CN=C(NCCCOCCOC)NCc1ccc(Br)s1.I. The molecule has 0 saturated heterocycles. The lowest BCUT2D eigenvalue weighted by Gasteiger charge is -2.11. The second-order valence-electron chi connectivity index (χ2n) is 4.02. The second kappa shape index (κ2) is 13.7. The number of nitrogens with zero attached hydrogens (tertiary/aromatic N) is 1. The van der Waals surface area contributed by atoms with Crippen LogP contribution in [-0.2, 0) is 16.0 Å². The maximum absolute atomic E-state index is 5.39. The first-order valence-corrected chi connectivity index (χ1v) is 8.12. The Labute approximate surface area is 156 Å². The van der Waals surface area contributed by atoms with Crippen LogP contribution in [0.25, 0.3) is 0 Å². The van der Waals surface area contributed by atoms with Crippen LogP contribution in [-0.4, -0.2) is 46.5 Å². The van der Waals surface area contributed by atoms with Crippen molar-refractivity contribution >= 4 is 57.2 Å². The Morgan fingerprint density at radius 3 is 2.71 bits per heavy atom. The standard InChI is InChI=1S/C13H22BrN3O2S.HI/c1-15-13(16-6-3-7-19-9-8-18-2)17-10-11-4-5-12(14)20-11;/h4-5H,3,6-10H2,1-2H3,(H2,15,16,17);1H. The quantitative estimate of drug-likeness (QED) is 0.241. The Hall–Kier alpha value is 0.1000. The average Bonchev–Trinajstić information content (AvgIpc) is 2.87. The van der Waals surface area contributed by atoms with Crippen molar-refractivity contribution in [2.24, 2.45) is 4.99 Å². The molecular formula is C13H23BrIN3O2S. The third-order valence-electron chi connectivity index (χ3n) is 2.47. The summed E-state index contributed by atoms with van der Waals surface area (Å²) in [6, 6.07) is 4.15. The molecule has 8 heteroatoms. The fourth-order valence-corrected chi connectivity index (χ4v) is 2.89. The van der Waals surface area contributed by atoms with Crippen molar-refractivity contribution in [3.05, 3.63) is 20.8 Å². The minimum absolute atomic E-state index is 0. The van der Waals surface area contributed by atoms with Gasteiger partial charge in [-0.3, -0.25) is 4.99 Å². The lowest BCUT2D eigenvalue weighted by Crippen LogP contribution is -2.37. The molecule has 0 saturated carbocycles. The van der Waals surface area contributed by atoms with Crippen molar-refractivity contribution in [3.63, 3.8) is 0 Å². The highest BCUT2D eigenvalue weighted by Crippen LogP contribution is 2.21. The highest BCUT2D eigenvalue weighted by molar-refractivity contribution is 14.0. The monoisotopic (exact) mass is 491 g/mol. The van der Waals surface area contributed by atoms with Crippen LogP contribution in [0.3, 0.4) is 0 Å². The van der Waals surface area contributed by atoms with Gasteiger partial charge in [0.2, 0.25) is 0 Å². The molecule has 0 fully saturated rings. The van der Waals surface area contributed by atoms with E-state index in [1.54, 1.807) is 25.5 Å². The van der Waals surface area contributed by atoms with Crippen LogP contribution in [0.1, 0.15) is 11.3 Å². The number of hydrogen-bond acceptors (Lipinski definition) is 4. The number of nitrogens with one attached hydrogen (secondary N) is 2. The Bertz CT molecular complexity index is 405. The summed E-state index contributed by atoms with van der Waals surface area (Å²) < 4.78 is 11.4. The number of rotatable bonds is 9. The zero-order valence-corrected chi connectivity index (χ0v) is 17.1. The second-order valence-corrected chi connectivity index (χ2v) is 6.56. The normalized spacial score (nSPS) is 11.1. The van der Waals surface area contributed by atoms with Crippen molar-refractivity contribution in [2.75, 3.05) is 40.5 Å². The van der Waals surface area contributed by atoms with Crippen molar-refractivity contribution in [2.45, 2.75) is 13.0 Å². The summed E-state index contributed by atoms with van der Waals surface area (Å²) in [6.07, 6.45) is 0.939. The van der Waals surface area contributed by atoms with Gasteiger partial charge in [-0.05, 0) is 34.5 Å². The number of hydrogen-bond donors (Lipinski definition) is 2. The van der Waals surface area contributed by atoms with Gasteiger partial charge in [-0.25, -0.2) is 0 Å². The Morgan fingerprint density at radius 1 is 1.29 bits per heavy atom. The first kappa shape index (κ1) is 21.1. The van der Waals surface area contributed by atoms with E-state index in [1.165, 1.54) is 4.88 Å². The number of guanidine groups is 1. The zero-order chi connectivity index (χ0) is 14.6. The van der Waals surface area contributed by atoms with Crippen molar-refractivity contribution in [1.82, 2.24) is 10.6 Å². The molecule has 0 atom stereocenters. The third kappa shape index (κ3) is 10.5. The summed E-state index contributed by atoms with van der Waals surface area (Å²) >= 11 is 5.17. The van der Waals surface area contributed by atoms with E-state index in [-0.39, 0.29) is 24.0 Å². The van der Waals surface area contributed by atoms with Crippen LogP contribution in [0, 0.1) is 0 Å². The van der Waals surface area contributed by atoms with Crippen LogP contribution in [0.4, 0.5) is 0 Å². The van der Waals surface area contributed by atoms with E-state index in [2.05, 4.69) is 43.7 Å². The average molecular weight is 492 g/mol. The van der Waals surface area contributed by atoms with Gasteiger partial charge in [0.1, 0.15) is 0 Å². The van der Waals surface area contributed by atoms with Crippen LogP contribution in [0.5, 0.6) is 0 Å². The van der Waals surface area contributed by atoms with Gasteiger partial charge in [0, 0.05) is 32.2 Å². The summed E-state index contributed by atoms with van der Waals surface area (Å²) in [6.45, 7) is 3.63. The molecule has 1 aromatic rings. The number of halogens is 2. The molecule has 0 aliphatic rings. The van der Waals surface area contributed by atoms with Gasteiger partial charge in [-0.15, -0.1) is 35.3 Å². The Balaban J connectivity index is 0.00000400. The first-order chi connectivity index (χ1) is 9.76. The molecule has 1 heterocycles. The molecule has 122 valence electrons. The van der Waals surface area contributed by atoms with Gasteiger partial charge >= 0.3 is 0 Å². The Morgan fingerprint density at radius 2 is 2.10 bits per heavy atom. The molecule has 0 aromatic carbocycles. The maximum Gasteiger partial charge on any atom is 0.191 e.